The minimum atomic E-state index is -0.333. The molecule has 0 aliphatic heterocycles. The molecule has 0 radical (unpaired) electrons. The lowest BCUT2D eigenvalue weighted by molar-refractivity contribution is 0.0969. The topological polar surface area (TPSA) is 65.4 Å². The molecule has 3 aromatic rings. The van der Waals surface area contributed by atoms with Crippen molar-refractivity contribution in [2.24, 2.45) is 0 Å². The Morgan fingerprint density at radius 2 is 1.56 bits per heavy atom. The van der Waals surface area contributed by atoms with Crippen LogP contribution >= 0.6 is 12.2 Å². The number of carbonyl (C=O) groups is 1. The molecular formula is C26H25N3O2S. The molecule has 0 aromatic heterocycles. The first-order valence-electron chi connectivity index (χ1n) is 10.4. The van der Waals surface area contributed by atoms with Crippen LogP contribution in [-0.2, 0) is 13.0 Å². The molecule has 0 aliphatic rings. The lowest BCUT2D eigenvalue weighted by Crippen LogP contribution is -2.42. The van der Waals surface area contributed by atoms with Crippen LogP contribution in [0.3, 0.4) is 0 Å². The van der Waals surface area contributed by atoms with Crippen LogP contribution in [0, 0.1) is 11.3 Å². The average Bonchev–Trinajstić information content (AvgIpc) is 2.83. The van der Waals surface area contributed by atoms with Crippen LogP contribution in [0.4, 0.5) is 0 Å². The van der Waals surface area contributed by atoms with Crippen molar-refractivity contribution in [3.8, 4) is 11.8 Å². The second kappa shape index (κ2) is 12.2. The van der Waals surface area contributed by atoms with Crippen molar-refractivity contribution < 1.29 is 9.53 Å². The van der Waals surface area contributed by atoms with Crippen molar-refractivity contribution in [2.45, 2.75) is 19.4 Å². The van der Waals surface area contributed by atoms with E-state index >= 15 is 0 Å². The number of rotatable bonds is 9. The summed E-state index contributed by atoms with van der Waals surface area (Å²) in [7, 11) is 0. The van der Waals surface area contributed by atoms with Crippen LogP contribution < -0.4 is 10.1 Å². The minimum absolute atomic E-state index is 0.285. The molecule has 3 rings (SSSR count). The largest absolute Gasteiger partial charge is 0.492 e. The number of nitrogens with zero attached hydrogens (tertiary/aromatic N) is 2. The van der Waals surface area contributed by atoms with Crippen molar-refractivity contribution in [3.05, 3.63) is 102 Å². The first kappa shape index (κ1) is 23.0. The molecule has 5 nitrogen and oxygen atoms in total. The van der Waals surface area contributed by atoms with E-state index in [0.29, 0.717) is 37.4 Å². The Kier molecular flexibility index (Phi) is 8.79. The van der Waals surface area contributed by atoms with E-state index < -0.39 is 0 Å². The zero-order valence-corrected chi connectivity index (χ0v) is 18.6. The molecule has 0 saturated heterocycles. The highest BCUT2D eigenvalue weighted by atomic mass is 32.1. The van der Waals surface area contributed by atoms with Gasteiger partial charge < -0.3 is 9.64 Å². The van der Waals surface area contributed by atoms with E-state index in [9.17, 15) is 4.79 Å². The summed E-state index contributed by atoms with van der Waals surface area (Å²) in [6.45, 7) is 1.40. The van der Waals surface area contributed by atoms with Crippen molar-refractivity contribution in [1.29, 1.82) is 5.26 Å². The summed E-state index contributed by atoms with van der Waals surface area (Å²) in [5.41, 5.74) is 2.64. The van der Waals surface area contributed by atoms with Crippen molar-refractivity contribution >= 4 is 23.2 Å². The molecule has 0 aliphatic carbocycles. The summed E-state index contributed by atoms with van der Waals surface area (Å²) in [4.78, 5) is 14.8. The Hall–Kier alpha value is -3.69. The molecule has 0 saturated carbocycles. The third-order valence-electron chi connectivity index (χ3n) is 4.84. The maximum Gasteiger partial charge on any atom is 0.261 e. The summed E-state index contributed by atoms with van der Waals surface area (Å²) >= 11 is 5.50. The molecule has 32 heavy (non-hydrogen) atoms. The highest BCUT2D eigenvalue weighted by Crippen LogP contribution is 2.18. The second-order valence-corrected chi connectivity index (χ2v) is 7.54. The van der Waals surface area contributed by atoms with Gasteiger partial charge in [-0.05, 0) is 35.5 Å². The quantitative estimate of drug-likeness (QED) is 0.484. The van der Waals surface area contributed by atoms with Gasteiger partial charge in [0.25, 0.3) is 5.91 Å². The number of thiocarbonyl (C=S) groups is 1. The van der Waals surface area contributed by atoms with E-state index in [2.05, 4.69) is 11.4 Å². The van der Waals surface area contributed by atoms with Crippen molar-refractivity contribution in [3.63, 3.8) is 0 Å². The molecule has 1 amide bonds. The number of ether oxygens (including phenoxy) is 1. The van der Waals surface area contributed by atoms with Gasteiger partial charge in [0.05, 0.1) is 24.7 Å². The Morgan fingerprint density at radius 1 is 0.938 bits per heavy atom. The normalized spacial score (nSPS) is 10.1. The van der Waals surface area contributed by atoms with Gasteiger partial charge in [0.2, 0.25) is 0 Å². The van der Waals surface area contributed by atoms with Gasteiger partial charge in [-0.15, -0.1) is 0 Å². The van der Waals surface area contributed by atoms with Gasteiger partial charge in [-0.3, -0.25) is 10.1 Å². The number of hydrogen-bond donors (Lipinski definition) is 1. The highest BCUT2D eigenvalue weighted by molar-refractivity contribution is 7.80. The fourth-order valence-electron chi connectivity index (χ4n) is 3.19. The number of benzene rings is 3. The molecule has 1 N–H and O–H groups in total. The third kappa shape index (κ3) is 6.93. The fourth-order valence-corrected chi connectivity index (χ4v) is 3.44. The third-order valence-corrected chi connectivity index (χ3v) is 5.20. The standard InChI is InChI=1S/C26H25N3O2S/c27-17-9-18-29(20-22-12-5-2-6-13-22)26(32)28-25(30)23-14-7-8-15-24(23)31-19-16-21-10-3-1-4-11-21/h1-8,10-15H,9,16,18-20H2,(H,28,30,32). The summed E-state index contributed by atoms with van der Waals surface area (Å²) in [6, 6.07) is 29.1. The number of nitrogens with one attached hydrogen (secondary N) is 1. The van der Waals surface area contributed by atoms with Crippen LogP contribution in [0.5, 0.6) is 5.75 Å². The first-order chi connectivity index (χ1) is 15.7. The predicted molar refractivity (Wildman–Crippen MR) is 129 cm³/mol. The number of nitriles is 1. The minimum Gasteiger partial charge on any atom is -0.492 e. The maximum atomic E-state index is 13.0. The van der Waals surface area contributed by atoms with E-state index in [4.69, 9.17) is 22.2 Å². The van der Waals surface area contributed by atoms with Gasteiger partial charge in [-0.25, -0.2) is 0 Å². The summed E-state index contributed by atoms with van der Waals surface area (Å²) in [5, 5.41) is 12.1. The number of amides is 1. The lowest BCUT2D eigenvalue weighted by atomic mass is 10.1. The summed E-state index contributed by atoms with van der Waals surface area (Å²) in [5.74, 6) is 0.177. The molecule has 3 aromatic carbocycles. The number of para-hydroxylation sites is 1. The van der Waals surface area contributed by atoms with Crippen LogP contribution in [-0.4, -0.2) is 29.1 Å². The molecule has 0 atom stereocenters. The number of hydrogen-bond acceptors (Lipinski definition) is 4. The molecule has 6 heteroatoms. The van der Waals surface area contributed by atoms with E-state index in [1.165, 1.54) is 5.56 Å². The van der Waals surface area contributed by atoms with Gasteiger partial charge in [-0.1, -0.05) is 72.8 Å². The zero-order chi connectivity index (χ0) is 22.6. The molecule has 0 spiro atoms. The van der Waals surface area contributed by atoms with Gasteiger partial charge in [0.1, 0.15) is 5.75 Å². The Labute approximate surface area is 194 Å². The number of carbonyl (C=O) groups excluding carboxylic acids is 1. The Bertz CT molecular complexity index is 1070. The van der Waals surface area contributed by atoms with E-state index in [1.54, 1.807) is 18.2 Å². The zero-order valence-electron chi connectivity index (χ0n) is 17.7. The fraction of sp³-hybridized carbons (Fsp3) is 0.192. The van der Waals surface area contributed by atoms with E-state index in [-0.39, 0.29) is 11.0 Å². The molecule has 0 fully saturated rings. The van der Waals surface area contributed by atoms with Gasteiger partial charge >= 0.3 is 0 Å². The van der Waals surface area contributed by atoms with Crippen LogP contribution in [0.2, 0.25) is 0 Å². The van der Waals surface area contributed by atoms with Crippen molar-refractivity contribution in [1.82, 2.24) is 10.2 Å². The van der Waals surface area contributed by atoms with Gasteiger partial charge in [0.15, 0.2) is 5.11 Å². The lowest BCUT2D eigenvalue weighted by Gasteiger charge is -2.25. The molecule has 0 bridgehead atoms. The van der Waals surface area contributed by atoms with Gasteiger partial charge in [0, 0.05) is 19.5 Å². The monoisotopic (exact) mass is 443 g/mol. The molecular weight excluding hydrogens is 418 g/mol. The SMILES string of the molecule is N#CCCN(Cc1ccccc1)C(=S)NC(=O)c1ccccc1OCCc1ccccc1. The van der Waals surface area contributed by atoms with Crippen LogP contribution in [0.1, 0.15) is 27.9 Å². The van der Waals surface area contributed by atoms with Crippen LogP contribution in [0.25, 0.3) is 0 Å². The highest BCUT2D eigenvalue weighted by Gasteiger charge is 2.17. The summed E-state index contributed by atoms with van der Waals surface area (Å²) in [6.07, 6.45) is 1.05. The Morgan fingerprint density at radius 3 is 2.25 bits per heavy atom. The second-order valence-electron chi connectivity index (χ2n) is 7.15. The maximum absolute atomic E-state index is 13.0. The van der Waals surface area contributed by atoms with Crippen molar-refractivity contribution in [2.75, 3.05) is 13.2 Å². The van der Waals surface area contributed by atoms with E-state index in [0.717, 1.165) is 12.0 Å². The predicted octanol–water partition coefficient (Wildman–Crippen LogP) is 4.74. The average molecular weight is 444 g/mol. The first-order valence-corrected chi connectivity index (χ1v) is 10.8. The Balaban J connectivity index is 1.64. The smallest absolute Gasteiger partial charge is 0.261 e. The molecule has 162 valence electrons. The van der Waals surface area contributed by atoms with E-state index in [1.807, 2.05) is 71.6 Å². The summed E-state index contributed by atoms with van der Waals surface area (Å²) < 4.78 is 5.90. The molecule has 0 heterocycles. The molecule has 0 unspecified atom stereocenters. The van der Waals surface area contributed by atoms with Crippen LogP contribution in [0.15, 0.2) is 84.9 Å². The van der Waals surface area contributed by atoms with Gasteiger partial charge in [-0.2, -0.15) is 5.26 Å².